The molecule has 2 nitrogen and oxygen atoms in total. The van der Waals surface area contributed by atoms with E-state index in [2.05, 4.69) is 21.2 Å². The zero-order valence-corrected chi connectivity index (χ0v) is 12.3. The van der Waals surface area contributed by atoms with Crippen LogP contribution in [0.3, 0.4) is 0 Å². The van der Waals surface area contributed by atoms with E-state index in [9.17, 15) is 4.39 Å². The van der Waals surface area contributed by atoms with Crippen molar-refractivity contribution in [3.05, 3.63) is 56.8 Å². The first kappa shape index (κ1) is 13.9. The van der Waals surface area contributed by atoms with Crippen LogP contribution in [-0.2, 0) is 0 Å². The third-order valence-corrected chi connectivity index (χ3v) is 3.70. The Morgan fingerprint density at radius 1 is 1.26 bits per heavy atom. The molecule has 2 aromatic rings. The third-order valence-electron chi connectivity index (χ3n) is 2.59. The summed E-state index contributed by atoms with van der Waals surface area (Å²) in [6.07, 6.45) is 0. The van der Waals surface area contributed by atoms with E-state index in [-0.39, 0.29) is 15.7 Å². The highest BCUT2D eigenvalue weighted by atomic mass is 79.9. The fourth-order valence-corrected chi connectivity index (χ4v) is 2.21. The van der Waals surface area contributed by atoms with Crippen LogP contribution in [0.15, 0.2) is 34.8 Å². The van der Waals surface area contributed by atoms with Gasteiger partial charge in [-0.25, -0.2) is 4.39 Å². The molecule has 0 aliphatic carbocycles. The fraction of sp³-hybridized carbons (Fsp3) is 0.0714. The van der Waals surface area contributed by atoms with Gasteiger partial charge in [0, 0.05) is 0 Å². The Hall–Kier alpha value is -1.57. The number of nitriles is 1. The highest BCUT2D eigenvalue weighted by molar-refractivity contribution is 9.10. The van der Waals surface area contributed by atoms with Crippen LogP contribution in [-0.4, -0.2) is 0 Å². The molecule has 0 unspecified atom stereocenters. The van der Waals surface area contributed by atoms with Gasteiger partial charge in [-0.05, 0) is 52.7 Å². The number of hydrogen-bond donors (Lipinski definition) is 1. The summed E-state index contributed by atoms with van der Waals surface area (Å²) in [5.74, 6) is -0.517. The van der Waals surface area contributed by atoms with E-state index in [1.54, 1.807) is 12.1 Å². The molecule has 0 atom stereocenters. The van der Waals surface area contributed by atoms with Crippen LogP contribution >= 0.6 is 27.5 Å². The van der Waals surface area contributed by atoms with Crippen LogP contribution in [0.25, 0.3) is 0 Å². The number of benzene rings is 2. The smallest absolute Gasteiger partial charge is 0.162 e. The van der Waals surface area contributed by atoms with Crippen LogP contribution in [0.5, 0.6) is 0 Å². The second kappa shape index (κ2) is 5.60. The topological polar surface area (TPSA) is 35.8 Å². The van der Waals surface area contributed by atoms with E-state index in [0.29, 0.717) is 10.7 Å². The normalized spacial score (nSPS) is 10.1. The molecule has 0 amide bonds. The van der Waals surface area contributed by atoms with Gasteiger partial charge in [0.1, 0.15) is 6.07 Å². The zero-order chi connectivity index (χ0) is 14.0. The van der Waals surface area contributed by atoms with E-state index in [4.69, 9.17) is 16.9 Å². The van der Waals surface area contributed by atoms with Crippen molar-refractivity contribution in [1.82, 2.24) is 0 Å². The van der Waals surface area contributed by atoms with Crippen LogP contribution in [0.1, 0.15) is 11.1 Å². The maximum absolute atomic E-state index is 14.1. The Balaban J connectivity index is 2.42. The zero-order valence-electron chi connectivity index (χ0n) is 9.97. The minimum absolute atomic E-state index is 0.142. The van der Waals surface area contributed by atoms with Crippen molar-refractivity contribution in [2.45, 2.75) is 6.92 Å². The summed E-state index contributed by atoms with van der Waals surface area (Å²) < 4.78 is 14.2. The predicted octanol–water partition coefficient (Wildman–Crippen LogP) is 5.17. The summed E-state index contributed by atoms with van der Waals surface area (Å²) in [5, 5.41) is 12.2. The predicted molar refractivity (Wildman–Crippen MR) is 78.3 cm³/mol. The standard InChI is InChI=1S/C14H9BrClFN2/c1-8-2-4-10(16)12(6-8)19-11-5-3-9(7-18)13(15)14(11)17/h2-6,19H,1H3. The molecule has 0 aromatic heterocycles. The van der Waals surface area contributed by atoms with Crippen LogP contribution < -0.4 is 5.32 Å². The number of nitrogens with one attached hydrogen (secondary N) is 1. The molecule has 0 heterocycles. The molecule has 1 N–H and O–H groups in total. The Labute approximate surface area is 123 Å². The lowest BCUT2D eigenvalue weighted by Crippen LogP contribution is -1.97. The molecular weight excluding hydrogens is 331 g/mol. The van der Waals surface area contributed by atoms with Gasteiger partial charge < -0.3 is 5.32 Å². The molecule has 96 valence electrons. The highest BCUT2D eigenvalue weighted by Gasteiger charge is 2.12. The molecule has 0 spiro atoms. The highest BCUT2D eigenvalue weighted by Crippen LogP contribution is 2.31. The summed E-state index contributed by atoms with van der Waals surface area (Å²) >= 11 is 9.11. The molecule has 0 saturated heterocycles. The van der Waals surface area contributed by atoms with Gasteiger partial charge in [-0.2, -0.15) is 5.26 Å². The van der Waals surface area contributed by atoms with Gasteiger partial charge in [-0.15, -0.1) is 0 Å². The Bertz CT molecular complexity index is 680. The summed E-state index contributed by atoms with van der Waals surface area (Å²) in [4.78, 5) is 0. The summed E-state index contributed by atoms with van der Waals surface area (Å²) in [6, 6.07) is 10.4. The number of halogens is 3. The monoisotopic (exact) mass is 338 g/mol. The van der Waals surface area contributed by atoms with Crippen molar-refractivity contribution in [2.24, 2.45) is 0 Å². The van der Waals surface area contributed by atoms with Gasteiger partial charge in [0.05, 0.1) is 26.4 Å². The first-order valence-electron chi connectivity index (χ1n) is 5.44. The molecular formula is C14H9BrClFN2. The van der Waals surface area contributed by atoms with Crippen LogP contribution in [0.2, 0.25) is 5.02 Å². The quantitative estimate of drug-likeness (QED) is 0.819. The minimum Gasteiger partial charge on any atom is -0.352 e. The van der Waals surface area contributed by atoms with Gasteiger partial charge in [0.15, 0.2) is 5.82 Å². The third kappa shape index (κ3) is 2.89. The number of rotatable bonds is 2. The fourth-order valence-electron chi connectivity index (χ4n) is 1.61. The van der Waals surface area contributed by atoms with E-state index >= 15 is 0 Å². The molecule has 5 heteroatoms. The summed E-state index contributed by atoms with van der Waals surface area (Å²) in [6.45, 7) is 1.92. The molecule has 2 aromatic carbocycles. The number of nitrogens with zero attached hydrogens (tertiary/aromatic N) is 1. The maximum atomic E-state index is 14.1. The Morgan fingerprint density at radius 3 is 2.68 bits per heavy atom. The lowest BCUT2D eigenvalue weighted by Gasteiger charge is -2.11. The van der Waals surface area contributed by atoms with Gasteiger partial charge >= 0.3 is 0 Å². The van der Waals surface area contributed by atoms with E-state index in [1.165, 1.54) is 6.07 Å². The van der Waals surface area contributed by atoms with E-state index in [1.807, 2.05) is 25.1 Å². The van der Waals surface area contributed by atoms with Gasteiger partial charge in [-0.3, -0.25) is 0 Å². The van der Waals surface area contributed by atoms with Crippen LogP contribution in [0.4, 0.5) is 15.8 Å². The van der Waals surface area contributed by atoms with Gasteiger partial charge in [0.25, 0.3) is 0 Å². The molecule has 2 rings (SSSR count). The van der Waals surface area contributed by atoms with Crippen molar-refractivity contribution in [3.8, 4) is 6.07 Å². The maximum Gasteiger partial charge on any atom is 0.162 e. The largest absolute Gasteiger partial charge is 0.352 e. The average Bonchev–Trinajstić information content (AvgIpc) is 2.39. The van der Waals surface area contributed by atoms with Gasteiger partial charge in [-0.1, -0.05) is 17.7 Å². The molecule has 0 bridgehead atoms. The number of aryl methyl sites for hydroxylation is 1. The van der Waals surface area contributed by atoms with Gasteiger partial charge in [0.2, 0.25) is 0 Å². The summed E-state index contributed by atoms with van der Waals surface area (Å²) in [5.41, 5.74) is 2.15. The number of hydrogen-bond acceptors (Lipinski definition) is 2. The summed E-state index contributed by atoms with van der Waals surface area (Å²) in [7, 11) is 0. The van der Waals surface area contributed by atoms with Crippen molar-refractivity contribution in [2.75, 3.05) is 5.32 Å². The SMILES string of the molecule is Cc1ccc(Cl)c(Nc2ccc(C#N)c(Br)c2F)c1. The lowest BCUT2D eigenvalue weighted by atomic mass is 10.2. The van der Waals surface area contributed by atoms with Crippen molar-refractivity contribution in [1.29, 1.82) is 5.26 Å². The van der Waals surface area contributed by atoms with E-state index < -0.39 is 5.82 Å². The molecule has 0 aliphatic heterocycles. The minimum atomic E-state index is -0.517. The average molecular weight is 340 g/mol. The molecule has 0 aliphatic rings. The molecule has 0 saturated carbocycles. The second-order valence-corrected chi connectivity index (χ2v) is 5.21. The van der Waals surface area contributed by atoms with Crippen LogP contribution in [0, 0.1) is 24.1 Å². The van der Waals surface area contributed by atoms with Crippen molar-refractivity contribution < 1.29 is 4.39 Å². The number of anilines is 2. The molecule has 0 fully saturated rings. The van der Waals surface area contributed by atoms with Crippen molar-refractivity contribution in [3.63, 3.8) is 0 Å². The van der Waals surface area contributed by atoms with Crippen molar-refractivity contribution >= 4 is 38.9 Å². The first-order chi connectivity index (χ1) is 9.02. The Kier molecular flexibility index (Phi) is 4.08. The first-order valence-corrected chi connectivity index (χ1v) is 6.61. The second-order valence-electron chi connectivity index (χ2n) is 4.01. The molecule has 19 heavy (non-hydrogen) atoms. The Morgan fingerprint density at radius 2 is 2.00 bits per heavy atom. The lowest BCUT2D eigenvalue weighted by molar-refractivity contribution is 0.624. The molecule has 0 radical (unpaired) electrons. The van der Waals surface area contributed by atoms with E-state index in [0.717, 1.165) is 5.56 Å².